The first-order chi connectivity index (χ1) is 11.0. The molecule has 2 aromatic carbocycles. The number of hydrogen-bond acceptors (Lipinski definition) is 2. The topological polar surface area (TPSA) is 38.3 Å². The molecule has 2 aromatic rings. The first-order valence-corrected chi connectivity index (χ1v) is 7.70. The van der Waals surface area contributed by atoms with E-state index in [2.05, 4.69) is 19.2 Å². The first-order valence-electron chi connectivity index (χ1n) is 7.70. The largest absolute Gasteiger partial charge is 0.497 e. The maximum atomic E-state index is 13.8. The highest BCUT2D eigenvalue weighted by molar-refractivity contribution is 5.94. The number of nitrogens with one attached hydrogen (secondary N) is 1. The zero-order valence-electron chi connectivity index (χ0n) is 13.7. The number of amides is 1. The van der Waals surface area contributed by atoms with E-state index in [9.17, 15) is 9.18 Å². The van der Waals surface area contributed by atoms with Gasteiger partial charge in [-0.1, -0.05) is 38.1 Å². The molecule has 0 fully saturated rings. The lowest BCUT2D eigenvalue weighted by Crippen LogP contribution is -2.30. The second-order valence-electron chi connectivity index (χ2n) is 5.91. The van der Waals surface area contributed by atoms with Crippen molar-refractivity contribution in [1.82, 2.24) is 5.32 Å². The quantitative estimate of drug-likeness (QED) is 0.860. The highest BCUT2D eigenvalue weighted by atomic mass is 19.1. The summed E-state index contributed by atoms with van der Waals surface area (Å²) in [4.78, 5) is 12.4. The number of benzene rings is 2. The van der Waals surface area contributed by atoms with Crippen molar-refractivity contribution in [2.75, 3.05) is 7.11 Å². The van der Waals surface area contributed by atoms with E-state index in [0.29, 0.717) is 5.92 Å². The molecule has 0 unspecified atom stereocenters. The zero-order valence-corrected chi connectivity index (χ0v) is 13.7. The van der Waals surface area contributed by atoms with Crippen LogP contribution in [0.3, 0.4) is 0 Å². The van der Waals surface area contributed by atoms with Gasteiger partial charge in [0.1, 0.15) is 11.6 Å². The summed E-state index contributed by atoms with van der Waals surface area (Å²) in [6.07, 6.45) is 0.770. The second kappa shape index (κ2) is 7.77. The van der Waals surface area contributed by atoms with Crippen LogP contribution in [0.25, 0.3) is 0 Å². The smallest absolute Gasteiger partial charge is 0.254 e. The molecule has 23 heavy (non-hydrogen) atoms. The Balaban J connectivity index is 2.21. The lowest BCUT2D eigenvalue weighted by molar-refractivity contribution is 0.0928. The summed E-state index contributed by atoms with van der Waals surface area (Å²) in [7, 11) is 1.61. The molecule has 0 aromatic heterocycles. The fourth-order valence-electron chi connectivity index (χ4n) is 2.47. The summed E-state index contributed by atoms with van der Waals surface area (Å²) in [5.41, 5.74) is 1.04. The molecule has 0 aliphatic rings. The minimum absolute atomic E-state index is 0.0646. The predicted octanol–water partition coefficient (Wildman–Crippen LogP) is 4.35. The molecule has 0 radical (unpaired) electrons. The molecule has 3 nitrogen and oxygen atoms in total. The van der Waals surface area contributed by atoms with E-state index in [1.807, 2.05) is 24.3 Å². The van der Waals surface area contributed by atoms with E-state index >= 15 is 0 Å². The van der Waals surface area contributed by atoms with Crippen molar-refractivity contribution in [2.24, 2.45) is 5.92 Å². The van der Waals surface area contributed by atoms with Crippen LogP contribution in [0.5, 0.6) is 5.75 Å². The van der Waals surface area contributed by atoms with Crippen LogP contribution in [0.1, 0.15) is 42.2 Å². The molecule has 1 amide bonds. The summed E-state index contributed by atoms with van der Waals surface area (Å²) in [6, 6.07) is 13.4. The van der Waals surface area contributed by atoms with Crippen LogP contribution in [0.4, 0.5) is 4.39 Å². The fourth-order valence-corrected chi connectivity index (χ4v) is 2.47. The standard InChI is InChI=1S/C19H22FNO2/c1-13(2)12-18(14-8-10-15(23-3)11-9-14)21-19(22)16-6-4-5-7-17(16)20/h4-11,13,18H,12H2,1-3H3,(H,21,22)/t18-/m0/s1. The Morgan fingerprint density at radius 2 is 1.78 bits per heavy atom. The minimum atomic E-state index is -0.511. The van der Waals surface area contributed by atoms with Crippen molar-refractivity contribution in [3.8, 4) is 5.75 Å². The molecule has 1 atom stereocenters. The molecule has 0 saturated heterocycles. The van der Waals surface area contributed by atoms with Gasteiger partial charge in [-0.25, -0.2) is 4.39 Å². The maximum absolute atomic E-state index is 13.8. The van der Waals surface area contributed by atoms with Gasteiger partial charge in [0.25, 0.3) is 5.91 Å². The summed E-state index contributed by atoms with van der Waals surface area (Å²) in [5, 5.41) is 2.94. The molecule has 122 valence electrons. The Kier molecular flexibility index (Phi) is 5.74. The van der Waals surface area contributed by atoms with Crippen LogP contribution in [-0.2, 0) is 0 Å². The third-order valence-corrected chi connectivity index (χ3v) is 3.65. The van der Waals surface area contributed by atoms with Crippen LogP contribution in [0, 0.1) is 11.7 Å². The van der Waals surface area contributed by atoms with Crippen LogP contribution >= 0.6 is 0 Å². The zero-order chi connectivity index (χ0) is 16.8. The molecule has 0 aliphatic carbocycles. The first kappa shape index (κ1) is 17.0. The molecule has 4 heteroatoms. The van der Waals surface area contributed by atoms with E-state index < -0.39 is 11.7 Å². The number of ether oxygens (including phenoxy) is 1. The average Bonchev–Trinajstić information content (AvgIpc) is 2.54. The lowest BCUT2D eigenvalue weighted by atomic mass is 9.96. The predicted molar refractivity (Wildman–Crippen MR) is 89.1 cm³/mol. The Labute approximate surface area is 136 Å². The van der Waals surface area contributed by atoms with Gasteiger partial charge in [-0.2, -0.15) is 0 Å². The third-order valence-electron chi connectivity index (χ3n) is 3.65. The number of hydrogen-bond donors (Lipinski definition) is 1. The normalized spacial score (nSPS) is 12.0. The summed E-state index contributed by atoms with van der Waals surface area (Å²) < 4.78 is 18.9. The summed E-state index contributed by atoms with van der Waals surface area (Å²) >= 11 is 0. The van der Waals surface area contributed by atoms with Crippen molar-refractivity contribution in [1.29, 1.82) is 0 Å². The molecular formula is C19H22FNO2. The molecule has 0 saturated carbocycles. The Morgan fingerprint density at radius 1 is 1.13 bits per heavy atom. The van der Waals surface area contributed by atoms with E-state index in [1.165, 1.54) is 12.1 Å². The lowest BCUT2D eigenvalue weighted by Gasteiger charge is -2.21. The number of halogens is 1. The molecule has 0 bridgehead atoms. The number of rotatable bonds is 6. The summed E-state index contributed by atoms with van der Waals surface area (Å²) in [5.74, 6) is 0.244. The van der Waals surface area contributed by atoms with Gasteiger partial charge in [-0.15, -0.1) is 0 Å². The van der Waals surface area contributed by atoms with Gasteiger partial charge < -0.3 is 10.1 Å². The molecule has 0 spiro atoms. The highest BCUT2D eigenvalue weighted by Gasteiger charge is 2.19. The SMILES string of the molecule is COc1ccc([C@H](CC(C)C)NC(=O)c2ccccc2F)cc1. The van der Waals surface area contributed by atoms with E-state index in [0.717, 1.165) is 17.7 Å². The Hall–Kier alpha value is -2.36. The van der Waals surface area contributed by atoms with Gasteiger partial charge in [0.2, 0.25) is 0 Å². The van der Waals surface area contributed by atoms with E-state index in [4.69, 9.17) is 4.74 Å². The van der Waals surface area contributed by atoms with Crippen molar-refractivity contribution in [2.45, 2.75) is 26.3 Å². The van der Waals surface area contributed by atoms with Crippen molar-refractivity contribution >= 4 is 5.91 Å². The van der Waals surface area contributed by atoms with Gasteiger partial charge in [-0.3, -0.25) is 4.79 Å². The van der Waals surface area contributed by atoms with Crippen LogP contribution in [0.15, 0.2) is 48.5 Å². The molecule has 0 heterocycles. The number of methoxy groups -OCH3 is 1. The minimum Gasteiger partial charge on any atom is -0.497 e. The van der Waals surface area contributed by atoms with Gasteiger partial charge in [0, 0.05) is 0 Å². The number of carbonyl (C=O) groups excluding carboxylic acids is 1. The maximum Gasteiger partial charge on any atom is 0.254 e. The Morgan fingerprint density at radius 3 is 2.35 bits per heavy atom. The van der Waals surface area contributed by atoms with Crippen LogP contribution in [-0.4, -0.2) is 13.0 Å². The second-order valence-corrected chi connectivity index (χ2v) is 5.91. The molecule has 0 aliphatic heterocycles. The molecular weight excluding hydrogens is 293 g/mol. The molecule has 2 rings (SSSR count). The fraction of sp³-hybridized carbons (Fsp3) is 0.316. The van der Waals surface area contributed by atoms with Gasteiger partial charge in [-0.05, 0) is 42.2 Å². The summed E-state index contributed by atoms with van der Waals surface area (Å²) in [6.45, 7) is 4.18. The third kappa shape index (κ3) is 4.55. The van der Waals surface area contributed by atoms with Crippen molar-refractivity contribution < 1.29 is 13.9 Å². The van der Waals surface area contributed by atoms with Crippen molar-refractivity contribution in [3.05, 3.63) is 65.5 Å². The van der Waals surface area contributed by atoms with Gasteiger partial charge in [0.15, 0.2) is 0 Å². The molecule has 1 N–H and O–H groups in total. The number of carbonyl (C=O) groups is 1. The van der Waals surface area contributed by atoms with Gasteiger partial charge >= 0.3 is 0 Å². The van der Waals surface area contributed by atoms with Gasteiger partial charge in [0.05, 0.1) is 18.7 Å². The van der Waals surface area contributed by atoms with Crippen LogP contribution in [0.2, 0.25) is 0 Å². The van der Waals surface area contributed by atoms with E-state index in [-0.39, 0.29) is 11.6 Å². The van der Waals surface area contributed by atoms with E-state index in [1.54, 1.807) is 19.2 Å². The van der Waals surface area contributed by atoms with Crippen LogP contribution < -0.4 is 10.1 Å². The van der Waals surface area contributed by atoms with Crippen molar-refractivity contribution in [3.63, 3.8) is 0 Å². The monoisotopic (exact) mass is 315 g/mol. The average molecular weight is 315 g/mol. The highest BCUT2D eigenvalue weighted by Crippen LogP contribution is 2.24. The Bertz CT molecular complexity index is 653.